The summed E-state index contributed by atoms with van der Waals surface area (Å²) in [6, 6.07) is 8.11. The molecule has 1 N–H and O–H groups in total. The molecule has 0 amide bonds. The molecule has 0 bridgehead atoms. The Labute approximate surface area is 115 Å². The third-order valence-corrected chi connectivity index (χ3v) is 4.20. The van der Waals surface area contributed by atoms with E-state index in [1.54, 1.807) is 30.6 Å². The van der Waals surface area contributed by atoms with Gasteiger partial charge in [0.2, 0.25) is 10.0 Å². The largest absolute Gasteiger partial charge is 0.443 e. The van der Waals surface area contributed by atoms with Gasteiger partial charge < -0.3 is 4.42 Å². The van der Waals surface area contributed by atoms with Crippen molar-refractivity contribution in [2.75, 3.05) is 0 Å². The van der Waals surface area contributed by atoms with E-state index in [0.717, 1.165) is 5.56 Å². The van der Waals surface area contributed by atoms with E-state index in [-0.39, 0.29) is 11.4 Å². The highest BCUT2D eigenvalue weighted by molar-refractivity contribution is 7.89. The SMILES string of the molecule is O=S(=O)(NCc1cccnc1)c1ccc2ncoc2c1. The van der Waals surface area contributed by atoms with E-state index < -0.39 is 10.0 Å². The van der Waals surface area contributed by atoms with Gasteiger partial charge >= 0.3 is 0 Å². The molecule has 0 saturated heterocycles. The molecule has 20 heavy (non-hydrogen) atoms. The van der Waals surface area contributed by atoms with Crippen LogP contribution in [0.25, 0.3) is 11.1 Å². The van der Waals surface area contributed by atoms with Crippen LogP contribution in [0.1, 0.15) is 5.56 Å². The van der Waals surface area contributed by atoms with E-state index in [1.165, 1.54) is 18.5 Å². The normalized spacial score (nSPS) is 11.8. The van der Waals surface area contributed by atoms with Crippen molar-refractivity contribution in [3.63, 3.8) is 0 Å². The number of pyridine rings is 1. The number of nitrogens with zero attached hydrogens (tertiary/aromatic N) is 2. The molecule has 7 heteroatoms. The fraction of sp³-hybridized carbons (Fsp3) is 0.0769. The van der Waals surface area contributed by atoms with E-state index >= 15 is 0 Å². The van der Waals surface area contributed by atoms with Crippen LogP contribution >= 0.6 is 0 Å². The van der Waals surface area contributed by atoms with Crippen LogP contribution in [-0.4, -0.2) is 18.4 Å². The lowest BCUT2D eigenvalue weighted by Gasteiger charge is -2.06. The van der Waals surface area contributed by atoms with Gasteiger partial charge in [-0.15, -0.1) is 0 Å². The summed E-state index contributed by atoms with van der Waals surface area (Å²) in [4.78, 5) is 8.02. The Bertz CT molecular complexity index is 828. The second-order valence-corrected chi connectivity index (χ2v) is 5.93. The van der Waals surface area contributed by atoms with Crippen LogP contribution in [0.3, 0.4) is 0 Å². The average molecular weight is 289 g/mol. The number of oxazole rings is 1. The van der Waals surface area contributed by atoms with Crippen molar-refractivity contribution in [2.24, 2.45) is 0 Å². The number of rotatable bonds is 4. The molecule has 6 nitrogen and oxygen atoms in total. The summed E-state index contributed by atoms with van der Waals surface area (Å²) in [7, 11) is -3.59. The molecule has 0 spiro atoms. The summed E-state index contributed by atoms with van der Waals surface area (Å²) >= 11 is 0. The van der Waals surface area contributed by atoms with E-state index in [2.05, 4.69) is 14.7 Å². The van der Waals surface area contributed by atoms with Crippen LogP contribution < -0.4 is 4.72 Å². The van der Waals surface area contributed by atoms with Crippen LogP contribution in [0, 0.1) is 0 Å². The summed E-state index contributed by atoms with van der Waals surface area (Å²) in [5.41, 5.74) is 1.85. The van der Waals surface area contributed by atoms with Crippen molar-refractivity contribution in [2.45, 2.75) is 11.4 Å². The van der Waals surface area contributed by atoms with Gasteiger partial charge in [-0.2, -0.15) is 0 Å². The molecule has 0 aliphatic carbocycles. The van der Waals surface area contributed by atoms with Gasteiger partial charge in [0.25, 0.3) is 0 Å². The molecular weight excluding hydrogens is 278 g/mol. The maximum absolute atomic E-state index is 12.2. The first-order valence-corrected chi connectivity index (χ1v) is 7.35. The van der Waals surface area contributed by atoms with E-state index in [9.17, 15) is 8.42 Å². The number of hydrogen-bond donors (Lipinski definition) is 1. The molecule has 0 atom stereocenters. The molecule has 0 fully saturated rings. The van der Waals surface area contributed by atoms with Gasteiger partial charge in [-0.3, -0.25) is 4.98 Å². The zero-order valence-corrected chi connectivity index (χ0v) is 11.2. The monoisotopic (exact) mass is 289 g/mol. The van der Waals surface area contributed by atoms with Gasteiger partial charge in [0.05, 0.1) is 4.90 Å². The minimum atomic E-state index is -3.59. The van der Waals surface area contributed by atoms with Crippen LogP contribution in [-0.2, 0) is 16.6 Å². The minimum absolute atomic E-state index is 0.144. The maximum Gasteiger partial charge on any atom is 0.241 e. The van der Waals surface area contributed by atoms with Crippen molar-refractivity contribution in [3.8, 4) is 0 Å². The van der Waals surface area contributed by atoms with Gasteiger partial charge in [0, 0.05) is 25.0 Å². The van der Waals surface area contributed by atoms with Gasteiger partial charge in [-0.25, -0.2) is 18.1 Å². The van der Waals surface area contributed by atoms with Crippen molar-refractivity contribution >= 4 is 21.1 Å². The number of fused-ring (bicyclic) bond motifs is 1. The molecule has 3 aromatic rings. The predicted octanol–water partition coefficient (Wildman–Crippen LogP) is 1.70. The first-order chi connectivity index (χ1) is 9.65. The summed E-state index contributed by atoms with van der Waals surface area (Å²) in [5, 5.41) is 0. The number of nitrogens with one attached hydrogen (secondary N) is 1. The standard InChI is InChI=1S/C13H11N3O3S/c17-20(18,16-8-10-2-1-5-14-7-10)11-3-4-12-13(6-11)19-9-15-12/h1-7,9,16H,8H2. The molecule has 2 aromatic heterocycles. The lowest BCUT2D eigenvalue weighted by molar-refractivity contribution is 0.579. The van der Waals surface area contributed by atoms with Crippen LogP contribution in [0.4, 0.5) is 0 Å². The van der Waals surface area contributed by atoms with Crippen molar-refractivity contribution < 1.29 is 12.8 Å². The first kappa shape index (κ1) is 12.8. The maximum atomic E-state index is 12.2. The summed E-state index contributed by atoms with van der Waals surface area (Å²) in [5.74, 6) is 0. The number of sulfonamides is 1. The van der Waals surface area contributed by atoms with Crippen molar-refractivity contribution in [1.29, 1.82) is 0 Å². The zero-order valence-electron chi connectivity index (χ0n) is 10.4. The fourth-order valence-corrected chi connectivity index (χ4v) is 2.80. The van der Waals surface area contributed by atoms with Crippen LogP contribution in [0.2, 0.25) is 0 Å². The van der Waals surface area contributed by atoms with Gasteiger partial charge in [0.15, 0.2) is 12.0 Å². The molecule has 0 unspecified atom stereocenters. The van der Waals surface area contributed by atoms with Crippen LogP contribution in [0.5, 0.6) is 0 Å². The number of hydrogen-bond acceptors (Lipinski definition) is 5. The smallest absolute Gasteiger partial charge is 0.241 e. The molecule has 0 radical (unpaired) electrons. The second kappa shape index (κ2) is 5.03. The molecule has 2 heterocycles. The fourth-order valence-electron chi connectivity index (χ4n) is 1.77. The van der Waals surface area contributed by atoms with Crippen molar-refractivity contribution in [1.82, 2.24) is 14.7 Å². The van der Waals surface area contributed by atoms with Crippen LogP contribution in [0.15, 0.2) is 58.4 Å². The number of benzene rings is 1. The lowest BCUT2D eigenvalue weighted by Crippen LogP contribution is -2.23. The molecule has 0 saturated carbocycles. The number of aromatic nitrogens is 2. The highest BCUT2D eigenvalue weighted by Crippen LogP contribution is 2.18. The molecule has 0 aliphatic heterocycles. The van der Waals surface area contributed by atoms with Crippen molar-refractivity contribution in [3.05, 3.63) is 54.7 Å². The molecule has 0 aliphatic rings. The Balaban J connectivity index is 1.84. The van der Waals surface area contributed by atoms with Gasteiger partial charge in [-0.05, 0) is 23.8 Å². The quantitative estimate of drug-likeness (QED) is 0.790. The van der Waals surface area contributed by atoms with Gasteiger partial charge in [-0.1, -0.05) is 6.07 Å². The minimum Gasteiger partial charge on any atom is -0.443 e. The zero-order chi connectivity index (χ0) is 14.0. The summed E-state index contributed by atoms with van der Waals surface area (Å²) in [6.45, 7) is 0.185. The Kier molecular flexibility index (Phi) is 3.21. The molecule has 1 aromatic carbocycles. The Morgan fingerprint density at radius 3 is 2.95 bits per heavy atom. The average Bonchev–Trinajstić information content (AvgIpc) is 2.94. The van der Waals surface area contributed by atoms with E-state index in [0.29, 0.717) is 11.1 Å². The van der Waals surface area contributed by atoms with E-state index in [4.69, 9.17) is 4.42 Å². The summed E-state index contributed by atoms with van der Waals surface area (Å²) in [6.07, 6.45) is 4.53. The predicted molar refractivity (Wildman–Crippen MR) is 72.3 cm³/mol. The Hall–Kier alpha value is -2.25. The highest BCUT2D eigenvalue weighted by Gasteiger charge is 2.15. The van der Waals surface area contributed by atoms with Gasteiger partial charge in [0.1, 0.15) is 5.52 Å². The third-order valence-electron chi connectivity index (χ3n) is 2.80. The summed E-state index contributed by atoms with van der Waals surface area (Å²) < 4.78 is 32.0. The topological polar surface area (TPSA) is 85.1 Å². The van der Waals surface area contributed by atoms with E-state index in [1.807, 2.05) is 0 Å². The molecule has 3 rings (SSSR count). The Morgan fingerprint density at radius 1 is 1.25 bits per heavy atom. The lowest BCUT2D eigenvalue weighted by atomic mass is 10.3. The third kappa shape index (κ3) is 2.54. The highest BCUT2D eigenvalue weighted by atomic mass is 32.2. The molecular formula is C13H11N3O3S. The molecule has 102 valence electrons. The first-order valence-electron chi connectivity index (χ1n) is 5.87. The Morgan fingerprint density at radius 2 is 2.15 bits per heavy atom. The second-order valence-electron chi connectivity index (χ2n) is 4.17.